The Labute approximate surface area is 207 Å². The number of fused-ring (bicyclic) bond motifs is 5. The molecule has 4 fully saturated rings. The Morgan fingerprint density at radius 1 is 0.853 bits per heavy atom. The average molecular weight is 469 g/mol. The fourth-order valence-electron chi connectivity index (χ4n) is 9.86. The van der Waals surface area contributed by atoms with E-state index in [1.54, 1.807) is 0 Å². The van der Waals surface area contributed by atoms with Crippen molar-refractivity contribution in [2.45, 2.75) is 110 Å². The van der Waals surface area contributed by atoms with Gasteiger partial charge in [0.05, 0.1) is 17.8 Å². The van der Waals surface area contributed by atoms with Crippen LogP contribution in [0.4, 0.5) is 0 Å². The van der Waals surface area contributed by atoms with Crippen molar-refractivity contribution in [3.63, 3.8) is 0 Å². The molecule has 4 saturated carbocycles. The van der Waals surface area contributed by atoms with Crippen LogP contribution < -0.4 is 0 Å². The van der Waals surface area contributed by atoms with Crippen LogP contribution in [0, 0.1) is 46.3 Å². The van der Waals surface area contributed by atoms with Gasteiger partial charge in [0.2, 0.25) is 0 Å². The van der Waals surface area contributed by atoms with Gasteiger partial charge < -0.3 is 15.3 Å². The van der Waals surface area contributed by atoms with E-state index >= 15 is 0 Å². The predicted molar refractivity (Wildman–Crippen MR) is 137 cm³/mol. The summed E-state index contributed by atoms with van der Waals surface area (Å²) >= 11 is 0. The summed E-state index contributed by atoms with van der Waals surface area (Å²) in [5.41, 5.74) is 1.15. The molecule has 5 rings (SSSR count). The Morgan fingerprint density at radius 2 is 1.56 bits per heavy atom. The summed E-state index contributed by atoms with van der Waals surface area (Å²) in [4.78, 5) is 0. The largest absolute Gasteiger partial charge is 0.393 e. The molecule has 0 spiro atoms. The number of rotatable bonds is 5. The highest BCUT2D eigenvalue weighted by atomic mass is 16.3. The fourth-order valence-corrected chi connectivity index (χ4v) is 9.86. The van der Waals surface area contributed by atoms with Crippen LogP contribution in [-0.4, -0.2) is 27.0 Å². The zero-order valence-corrected chi connectivity index (χ0v) is 21.9. The molecule has 4 aliphatic carbocycles. The van der Waals surface area contributed by atoms with Gasteiger partial charge in [-0.05, 0) is 117 Å². The maximum Gasteiger partial charge on any atom is 0.0814 e. The quantitative estimate of drug-likeness (QED) is 0.461. The first-order chi connectivity index (χ1) is 16.1. The standard InChI is InChI=1S/C31H48O3/c1-20(27(32)18-28(33)21-8-6-5-7-9-21)24-12-13-25-23-11-10-22-19-29(2,34)16-17-30(22,3)26(23)14-15-31(24,25)4/h5-9,20,22-28,32-34H,10-19H2,1-4H3/t20-,22-,23-,24+,25-,26-,27-,28-,29-,30-,31+/m0/s1. The van der Waals surface area contributed by atoms with Crippen molar-refractivity contribution in [2.24, 2.45) is 46.3 Å². The van der Waals surface area contributed by atoms with Crippen LogP contribution in [-0.2, 0) is 0 Å². The van der Waals surface area contributed by atoms with Gasteiger partial charge in [0.25, 0.3) is 0 Å². The van der Waals surface area contributed by atoms with Gasteiger partial charge in [0.1, 0.15) is 0 Å². The van der Waals surface area contributed by atoms with Crippen LogP contribution >= 0.6 is 0 Å². The lowest BCUT2D eigenvalue weighted by atomic mass is 9.43. The Bertz CT molecular complexity index is 851. The molecule has 0 saturated heterocycles. The van der Waals surface area contributed by atoms with E-state index in [0.717, 1.165) is 36.2 Å². The molecule has 3 heteroatoms. The molecule has 34 heavy (non-hydrogen) atoms. The molecule has 0 unspecified atom stereocenters. The Hall–Kier alpha value is -0.900. The lowest BCUT2D eigenvalue weighted by molar-refractivity contribution is -0.149. The second kappa shape index (κ2) is 8.89. The van der Waals surface area contributed by atoms with Crippen LogP contribution in [0.25, 0.3) is 0 Å². The van der Waals surface area contributed by atoms with E-state index in [1.807, 2.05) is 30.3 Å². The maximum atomic E-state index is 11.2. The van der Waals surface area contributed by atoms with Gasteiger partial charge in [0, 0.05) is 6.42 Å². The Kier molecular flexibility index (Phi) is 6.48. The van der Waals surface area contributed by atoms with Crippen molar-refractivity contribution in [3.05, 3.63) is 35.9 Å². The second-order valence-corrected chi connectivity index (χ2v) is 13.7. The normalized spacial score (nSPS) is 46.6. The first-order valence-electron chi connectivity index (χ1n) is 14.2. The summed E-state index contributed by atoms with van der Waals surface area (Å²) in [6, 6.07) is 9.79. The maximum absolute atomic E-state index is 11.2. The predicted octanol–water partition coefficient (Wildman–Crippen LogP) is 6.52. The monoisotopic (exact) mass is 468 g/mol. The SMILES string of the molecule is C[C@@H]([C@H]1CC[C@H]2[C@@H]3CC[C@H]4C[C@@](C)(O)CC[C@]4(C)[C@H]3CC[C@]12C)[C@@H](O)C[C@H](O)c1ccccc1. The van der Waals surface area contributed by atoms with E-state index in [-0.39, 0.29) is 5.92 Å². The summed E-state index contributed by atoms with van der Waals surface area (Å²) in [5, 5.41) is 32.7. The molecule has 0 heterocycles. The van der Waals surface area contributed by atoms with Gasteiger partial charge in [-0.25, -0.2) is 0 Å². The van der Waals surface area contributed by atoms with E-state index in [2.05, 4.69) is 27.7 Å². The minimum Gasteiger partial charge on any atom is -0.393 e. The summed E-state index contributed by atoms with van der Waals surface area (Å²) in [6.07, 6.45) is 10.2. The third kappa shape index (κ3) is 4.08. The van der Waals surface area contributed by atoms with Crippen LogP contribution in [0.3, 0.4) is 0 Å². The fraction of sp³-hybridized carbons (Fsp3) is 0.806. The highest BCUT2D eigenvalue weighted by Crippen LogP contribution is 2.68. The molecular formula is C31H48O3. The molecule has 0 aliphatic heterocycles. The third-order valence-corrected chi connectivity index (χ3v) is 11.9. The molecule has 1 aromatic carbocycles. The van der Waals surface area contributed by atoms with Crippen LogP contribution in [0.1, 0.15) is 104 Å². The molecule has 4 aliphatic rings. The molecule has 11 atom stereocenters. The first-order valence-corrected chi connectivity index (χ1v) is 14.2. The van der Waals surface area contributed by atoms with Crippen LogP contribution in [0.15, 0.2) is 30.3 Å². The van der Waals surface area contributed by atoms with E-state index in [9.17, 15) is 15.3 Å². The molecule has 0 aromatic heterocycles. The average Bonchev–Trinajstić information content (AvgIpc) is 3.16. The Morgan fingerprint density at radius 3 is 2.29 bits per heavy atom. The van der Waals surface area contributed by atoms with Gasteiger partial charge in [-0.1, -0.05) is 51.1 Å². The van der Waals surface area contributed by atoms with Crippen molar-refractivity contribution in [3.8, 4) is 0 Å². The number of hydrogen-bond donors (Lipinski definition) is 3. The number of aliphatic hydroxyl groups excluding tert-OH is 2. The molecule has 3 N–H and O–H groups in total. The molecule has 190 valence electrons. The number of hydrogen-bond acceptors (Lipinski definition) is 3. The van der Waals surface area contributed by atoms with Gasteiger partial charge in [-0.15, -0.1) is 0 Å². The lowest BCUT2D eigenvalue weighted by Crippen LogP contribution is -2.55. The van der Waals surface area contributed by atoms with Crippen LogP contribution in [0.5, 0.6) is 0 Å². The van der Waals surface area contributed by atoms with Gasteiger partial charge >= 0.3 is 0 Å². The van der Waals surface area contributed by atoms with Gasteiger partial charge in [-0.3, -0.25) is 0 Å². The van der Waals surface area contributed by atoms with E-state index in [4.69, 9.17) is 0 Å². The third-order valence-electron chi connectivity index (χ3n) is 11.9. The Balaban J connectivity index is 1.29. The summed E-state index contributed by atoms with van der Waals surface area (Å²) in [7, 11) is 0. The van der Waals surface area contributed by atoms with Crippen molar-refractivity contribution in [1.82, 2.24) is 0 Å². The van der Waals surface area contributed by atoms with Crippen molar-refractivity contribution in [1.29, 1.82) is 0 Å². The topological polar surface area (TPSA) is 60.7 Å². The highest BCUT2D eigenvalue weighted by molar-refractivity contribution is 5.17. The van der Waals surface area contributed by atoms with E-state index in [1.165, 1.54) is 44.9 Å². The minimum absolute atomic E-state index is 0.210. The van der Waals surface area contributed by atoms with E-state index < -0.39 is 17.8 Å². The van der Waals surface area contributed by atoms with Gasteiger partial charge in [0.15, 0.2) is 0 Å². The van der Waals surface area contributed by atoms with Crippen molar-refractivity contribution in [2.75, 3.05) is 0 Å². The first kappa shape index (κ1) is 24.8. The number of benzene rings is 1. The molecule has 3 nitrogen and oxygen atoms in total. The molecular weight excluding hydrogens is 420 g/mol. The van der Waals surface area contributed by atoms with Crippen molar-refractivity contribution < 1.29 is 15.3 Å². The molecule has 1 aromatic rings. The highest BCUT2D eigenvalue weighted by Gasteiger charge is 2.61. The summed E-state index contributed by atoms with van der Waals surface area (Å²) < 4.78 is 0. The molecule has 0 amide bonds. The number of aliphatic hydroxyl groups is 3. The molecule has 0 bridgehead atoms. The summed E-state index contributed by atoms with van der Waals surface area (Å²) in [5.74, 6) is 3.81. The van der Waals surface area contributed by atoms with Crippen LogP contribution in [0.2, 0.25) is 0 Å². The zero-order chi connectivity index (χ0) is 24.3. The minimum atomic E-state index is -0.599. The summed E-state index contributed by atoms with van der Waals surface area (Å²) in [6.45, 7) is 9.41. The van der Waals surface area contributed by atoms with Crippen molar-refractivity contribution >= 4 is 0 Å². The van der Waals surface area contributed by atoms with E-state index in [0.29, 0.717) is 29.1 Å². The zero-order valence-electron chi connectivity index (χ0n) is 21.9. The smallest absolute Gasteiger partial charge is 0.0814 e. The second-order valence-electron chi connectivity index (χ2n) is 13.7. The molecule has 0 radical (unpaired) electrons. The van der Waals surface area contributed by atoms with Gasteiger partial charge in [-0.2, -0.15) is 0 Å². The lowest BCUT2D eigenvalue weighted by Gasteiger charge is -2.62.